The Kier molecular flexibility index (Phi) is 4.14. The molecule has 23 heavy (non-hydrogen) atoms. The van der Waals surface area contributed by atoms with Crippen molar-refractivity contribution in [3.63, 3.8) is 0 Å². The van der Waals surface area contributed by atoms with Crippen LogP contribution in [0.4, 0.5) is 5.69 Å². The molecule has 1 aliphatic carbocycles. The van der Waals surface area contributed by atoms with Crippen LogP contribution in [0.1, 0.15) is 51.9 Å². The van der Waals surface area contributed by atoms with Crippen LogP contribution in [0.3, 0.4) is 0 Å². The maximum absolute atomic E-state index is 12.4. The van der Waals surface area contributed by atoms with Crippen molar-refractivity contribution in [3.05, 3.63) is 46.8 Å². The Hall–Kier alpha value is -2.63. The summed E-state index contributed by atoms with van der Waals surface area (Å²) in [5.41, 5.74) is 2.33. The summed E-state index contributed by atoms with van der Waals surface area (Å²) in [7, 11) is 0. The first-order valence-corrected chi connectivity index (χ1v) is 7.76. The summed E-state index contributed by atoms with van der Waals surface area (Å²) >= 11 is 0. The van der Waals surface area contributed by atoms with E-state index in [9.17, 15) is 9.59 Å². The number of hydrogen-bond acceptors (Lipinski definition) is 4. The molecule has 6 nitrogen and oxygen atoms in total. The van der Waals surface area contributed by atoms with Crippen molar-refractivity contribution in [2.24, 2.45) is 0 Å². The zero-order valence-electron chi connectivity index (χ0n) is 13.2. The smallest absolute Gasteiger partial charge is 0.261 e. The number of benzene rings is 1. The van der Waals surface area contributed by atoms with Crippen molar-refractivity contribution < 1.29 is 14.1 Å². The number of carbonyl (C=O) groups is 2. The first-order valence-electron chi connectivity index (χ1n) is 7.76. The molecule has 1 fully saturated rings. The van der Waals surface area contributed by atoms with Gasteiger partial charge in [-0.25, -0.2) is 0 Å². The number of carbonyl (C=O) groups excluding carboxylic acids is 2. The molecule has 0 unspecified atom stereocenters. The lowest BCUT2D eigenvalue weighted by atomic mass is 10.1. The molecule has 2 amide bonds. The summed E-state index contributed by atoms with van der Waals surface area (Å²) in [5.74, 6) is 0.170. The highest BCUT2D eigenvalue weighted by Gasteiger charge is 2.24. The van der Waals surface area contributed by atoms with Crippen molar-refractivity contribution in [1.82, 2.24) is 10.5 Å². The van der Waals surface area contributed by atoms with Gasteiger partial charge in [-0.2, -0.15) is 0 Å². The first kappa shape index (κ1) is 15.3. The molecule has 1 heterocycles. The van der Waals surface area contributed by atoms with E-state index in [1.54, 1.807) is 31.2 Å². The third kappa shape index (κ3) is 3.41. The highest BCUT2D eigenvalue weighted by atomic mass is 16.5. The summed E-state index contributed by atoms with van der Waals surface area (Å²) in [4.78, 5) is 24.3. The number of aryl methyl sites for hydroxylation is 2. The fourth-order valence-corrected chi connectivity index (χ4v) is 2.35. The lowest BCUT2D eigenvalue weighted by Gasteiger charge is -2.07. The van der Waals surface area contributed by atoms with Crippen LogP contribution in [0, 0.1) is 6.92 Å². The number of amides is 2. The standard InChI is InChI=1S/C17H19N3O3/c1-3-14-15(10(2)23-20-14)17(22)19-12-6-4-11(5-7-12)16(21)18-13-8-9-13/h4-7,13H,3,8-9H2,1-2H3,(H,18,21)(H,19,22). The molecular weight excluding hydrogens is 294 g/mol. The first-order chi connectivity index (χ1) is 11.1. The maximum atomic E-state index is 12.4. The topological polar surface area (TPSA) is 84.2 Å². The lowest BCUT2D eigenvalue weighted by Crippen LogP contribution is -2.25. The Bertz CT molecular complexity index is 730. The molecule has 1 aliphatic rings. The quantitative estimate of drug-likeness (QED) is 0.889. The van der Waals surface area contributed by atoms with Crippen molar-refractivity contribution in [1.29, 1.82) is 0 Å². The van der Waals surface area contributed by atoms with Crippen LogP contribution in [-0.2, 0) is 6.42 Å². The van der Waals surface area contributed by atoms with Gasteiger partial charge in [-0.05, 0) is 50.5 Å². The Labute approximate surface area is 134 Å². The number of rotatable bonds is 5. The third-order valence-corrected chi connectivity index (χ3v) is 3.81. The highest BCUT2D eigenvalue weighted by Crippen LogP contribution is 2.20. The van der Waals surface area contributed by atoms with Crippen molar-refractivity contribution >= 4 is 17.5 Å². The largest absolute Gasteiger partial charge is 0.361 e. The van der Waals surface area contributed by atoms with E-state index in [4.69, 9.17) is 4.52 Å². The number of nitrogens with zero attached hydrogens (tertiary/aromatic N) is 1. The monoisotopic (exact) mass is 313 g/mol. The van der Waals surface area contributed by atoms with Crippen molar-refractivity contribution in [2.45, 2.75) is 39.2 Å². The van der Waals surface area contributed by atoms with Crippen molar-refractivity contribution in [2.75, 3.05) is 5.32 Å². The van der Waals surface area contributed by atoms with Gasteiger partial charge in [0.1, 0.15) is 11.3 Å². The minimum Gasteiger partial charge on any atom is -0.361 e. The Morgan fingerprint density at radius 1 is 1.22 bits per heavy atom. The number of nitrogens with one attached hydrogen (secondary N) is 2. The molecule has 120 valence electrons. The van der Waals surface area contributed by atoms with Gasteiger partial charge in [0.25, 0.3) is 11.8 Å². The number of anilines is 1. The van der Waals surface area contributed by atoms with Gasteiger partial charge < -0.3 is 15.2 Å². The molecule has 0 saturated heterocycles. The molecule has 2 aromatic rings. The van der Waals surface area contributed by atoms with Crippen LogP contribution in [0.15, 0.2) is 28.8 Å². The van der Waals surface area contributed by atoms with Gasteiger partial charge in [0.2, 0.25) is 0 Å². The van der Waals surface area contributed by atoms with Crippen LogP contribution < -0.4 is 10.6 Å². The van der Waals surface area contributed by atoms with E-state index in [1.165, 1.54) is 0 Å². The molecule has 1 saturated carbocycles. The zero-order valence-corrected chi connectivity index (χ0v) is 13.2. The fourth-order valence-electron chi connectivity index (χ4n) is 2.35. The van der Waals surface area contributed by atoms with E-state index in [0.717, 1.165) is 12.8 Å². The van der Waals surface area contributed by atoms with Crippen LogP contribution in [-0.4, -0.2) is 23.0 Å². The summed E-state index contributed by atoms with van der Waals surface area (Å²) in [6.07, 6.45) is 2.73. The Balaban J connectivity index is 1.68. The zero-order chi connectivity index (χ0) is 16.4. The van der Waals surface area contributed by atoms with Crippen LogP contribution in [0.2, 0.25) is 0 Å². The van der Waals surface area contributed by atoms with E-state index in [-0.39, 0.29) is 11.8 Å². The summed E-state index contributed by atoms with van der Waals surface area (Å²) < 4.78 is 5.08. The molecule has 2 N–H and O–H groups in total. The molecule has 6 heteroatoms. The minimum atomic E-state index is -0.254. The minimum absolute atomic E-state index is 0.0754. The molecular formula is C17H19N3O3. The lowest BCUT2D eigenvalue weighted by molar-refractivity contribution is 0.0950. The van der Waals surface area contributed by atoms with E-state index in [0.29, 0.717) is 40.7 Å². The second kappa shape index (κ2) is 6.24. The summed E-state index contributed by atoms with van der Waals surface area (Å²) in [6, 6.07) is 7.16. The molecule has 0 atom stereocenters. The SMILES string of the molecule is CCc1noc(C)c1C(=O)Nc1ccc(C(=O)NC2CC2)cc1. The predicted octanol–water partition coefficient (Wildman–Crippen LogP) is 2.69. The summed E-state index contributed by atoms with van der Waals surface area (Å²) in [6.45, 7) is 3.63. The molecule has 1 aromatic carbocycles. The molecule has 0 spiro atoms. The van der Waals surface area contributed by atoms with Gasteiger partial charge in [-0.15, -0.1) is 0 Å². The fraction of sp³-hybridized carbons (Fsp3) is 0.353. The second-order valence-corrected chi connectivity index (χ2v) is 5.69. The second-order valence-electron chi connectivity index (χ2n) is 5.69. The highest BCUT2D eigenvalue weighted by molar-refractivity contribution is 6.06. The third-order valence-electron chi connectivity index (χ3n) is 3.81. The molecule has 0 aliphatic heterocycles. The predicted molar refractivity (Wildman–Crippen MR) is 85.5 cm³/mol. The Morgan fingerprint density at radius 2 is 1.91 bits per heavy atom. The van der Waals surface area contributed by atoms with Gasteiger partial charge in [0, 0.05) is 17.3 Å². The van der Waals surface area contributed by atoms with Gasteiger partial charge in [0.15, 0.2) is 0 Å². The number of hydrogen-bond donors (Lipinski definition) is 2. The average Bonchev–Trinajstić information content (AvgIpc) is 3.27. The van der Waals surface area contributed by atoms with Gasteiger partial charge in [0.05, 0.1) is 5.69 Å². The average molecular weight is 313 g/mol. The molecule has 1 aromatic heterocycles. The molecule has 3 rings (SSSR count). The summed E-state index contributed by atoms with van der Waals surface area (Å²) in [5, 5.41) is 9.62. The van der Waals surface area contributed by atoms with Gasteiger partial charge in [-0.3, -0.25) is 9.59 Å². The molecule has 0 radical (unpaired) electrons. The maximum Gasteiger partial charge on any atom is 0.261 e. The van der Waals surface area contributed by atoms with E-state index in [1.807, 2.05) is 6.92 Å². The van der Waals surface area contributed by atoms with E-state index >= 15 is 0 Å². The van der Waals surface area contributed by atoms with Crippen LogP contribution >= 0.6 is 0 Å². The van der Waals surface area contributed by atoms with Crippen molar-refractivity contribution in [3.8, 4) is 0 Å². The molecule has 0 bridgehead atoms. The number of aromatic nitrogens is 1. The van der Waals surface area contributed by atoms with Gasteiger partial charge in [-0.1, -0.05) is 12.1 Å². The Morgan fingerprint density at radius 3 is 2.52 bits per heavy atom. The van der Waals surface area contributed by atoms with E-state index in [2.05, 4.69) is 15.8 Å². The van der Waals surface area contributed by atoms with Crippen LogP contribution in [0.5, 0.6) is 0 Å². The van der Waals surface area contributed by atoms with Gasteiger partial charge >= 0.3 is 0 Å². The van der Waals surface area contributed by atoms with E-state index < -0.39 is 0 Å². The normalized spacial score (nSPS) is 13.7. The van der Waals surface area contributed by atoms with Crippen LogP contribution in [0.25, 0.3) is 0 Å².